The average molecular weight is 262 g/mol. The van der Waals surface area contributed by atoms with E-state index in [1.54, 1.807) is 0 Å². The molecule has 1 aliphatic rings. The van der Waals surface area contributed by atoms with Gasteiger partial charge in [-0.1, -0.05) is 24.1 Å². The van der Waals surface area contributed by atoms with Crippen LogP contribution in [0.5, 0.6) is 0 Å². The van der Waals surface area contributed by atoms with Gasteiger partial charge in [-0.05, 0) is 50.3 Å². The molecule has 0 bridgehead atoms. The maximum Gasteiger partial charge on any atom is 0.306 e. The third-order valence-corrected chi connectivity index (χ3v) is 4.33. The van der Waals surface area contributed by atoms with Crippen LogP contribution in [-0.2, 0) is 4.79 Å². The highest BCUT2D eigenvalue weighted by molar-refractivity contribution is 5.71. The van der Waals surface area contributed by atoms with Gasteiger partial charge < -0.3 is 10.2 Å². The quantitative estimate of drug-likeness (QED) is 0.879. The molecule has 2 rings (SSSR count). The van der Waals surface area contributed by atoms with Gasteiger partial charge in [-0.15, -0.1) is 0 Å². The Bertz CT molecular complexity index is 470. The summed E-state index contributed by atoms with van der Waals surface area (Å²) < 4.78 is 0. The Hall–Kier alpha value is -1.35. The second kappa shape index (κ2) is 5.33. The van der Waals surface area contributed by atoms with E-state index in [1.807, 2.05) is 20.8 Å². The molecule has 2 N–H and O–H groups in total. The molecular weight excluding hydrogens is 240 g/mol. The summed E-state index contributed by atoms with van der Waals surface area (Å²) in [5, 5.41) is 19.9. The van der Waals surface area contributed by atoms with Crippen molar-refractivity contribution in [1.82, 2.24) is 0 Å². The van der Waals surface area contributed by atoms with Crippen molar-refractivity contribution in [1.29, 1.82) is 0 Å². The molecule has 0 amide bonds. The number of aliphatic hydroxyl groups is 1. The van der Waals surface area contributed by atoms with Gasteiger partial charge in [-0.3, -0.25) is 4.79 Å². The molecule has 19 heavy (non-hydrogen) atoms. The lowest BCUT2D eigenvalue weighted by Crippen LogP contribution is -2.24. The number of aliphatic hydroxyl groups excluding tert-OH is 1. The summed E-state index contributed by atoms with van der Waals surface area (Å²) in [5.41, 5.74) is 4.21. The summed E-state index contributed by atoms with van der Waals surface area (Å²) in [6, 6.07) is 4.10. The highest BCUT2D eigenvalue weighted by Gasteiger charge is 2.38. The summed E-state index contributed by atoms with van der Waals surface area (Å²) in [6.45, 7) is 6.01. The summed E-state index contributed by atoms with van der Waals surface area (Å²) in [7, 11) is 0. The van der Waals surface area contributed by atoms with Crippen LogP contribution in [0, 0.1) is 32.6 Å². The number of benzene rings is 1. The fourth-order valence-corrected chi connectivity index (χ4v) is 3.55. The first-order chi connectivity index (χ1) is 8.91. The van der Waals surface area contributed by atoms with E-state index in [0.717, 1.165) is 29.5 Å². The number of hydrogen-bond acceptors (Lipinski definition) is 2. The van der Waals surface area contributed by atoms with Gasteiger partial charge in [0.25, 0.3) is 0 Å². The van der Waals surface area contributed by atoms with Crippen molar-refractivity contribution < 1.29 is 15.0 Å². The average Bonchev–Trinajstić information content (AvgIpc) is 2.75. The van der Waals surface area contributed by atoms with Crippen molar-refractivity contribution in [3.05, 3.63) is 34.4 Å². The molecule has 1 aliphatic carbocycles. The third-order valence-electron chi connectivity index (χ3n) is 4.33. The van der Waals surface area contributed by atoms with Gasteiger partial charge >= 0.3 is 5.97 Å². The first kappa shape index (κ1) is 14.1. The zero-order valence-corrected chi connectivity index (χ0v) is 11.8. The maximum absolute atomic E-state index is 11.3. The molecule has 0 aromatic heterocycles. The van der Waals surface area contributed by atoms with Crippen LogP contribution in [0.2, 0.25) is 0 Å². The minimum atomic E-state index is -0.774. The fourth-order valence-electron chi connectivity index (χ4n) is 3.55. The molecule has 3 heteroatoms. The highest BCUT2D eigenvalue weighted by Crippen LogP contribution is 2.42. The van der Waals surface area contributed by atoms with Crippen molar-refractivity contribution in [2.45, 2.75) is 46.1 Å². The molecule has 0 spiro atoms. The van der Waals surface area contributed by atoms with Gasteiger partial charge in [0.15, 0.2) is 0 Å². The minimum absolute atomic E-state index is 0.155. The van der Waals surface area contributed by atoms with E-state index in [2.05, 4.69) is 12.1 Å². The number of carbonyl (C=O) groups is 1. The lowest BCUT2D eigenvalue weighted by molar-refractivity contribution is -0.144. The number of rotatable bonds is 3. The number of carboxylic acids is 1. The van der Waals surface area contributed by atoms with E-state index in [-0.39, 0.29) is 5.92 Å². The first-order valence-electron chi connectivity index (χ1n) is 6.90. The normalized spacial score (nSPS) is 24.4. The molecular formula is C16H22O3. The molecule has 0 saturated heterocycles. The van der Waals surface area contributed by atoms with E-state index >= 15 is 0 Å². The zero-order valence-electron chi connectivity index (χ0n) is 11.8. The number of carboxylic acid groups (broad SMARTS) is 1. The molecule has 1 aromatic rings. The topological polar surface area (TPSA) is 57.5 Å². The van der Waals surface area contributed by atoms with E-state index in [0.29, 0.717) is 6.42 Å². The fraction of sp³-hybridized carbons (Fsp3) is 0.562. The number of aliphatic carboxylic acids is 1. The summed E-state index contributed by atoms with van der Waals surface area (Å²) >= 11 is 0. The van der Waals surface area contributed by atoms with Crippen molar-refractivity contribution in [3.63, 3.8) is 0 Å². The first-order valence-corrected chi connectivity index (χ1v) is 6.90. The second-order valence-electron chi connectivity index (χ2n) is 5.80. The van der Waals surface area contributed by atoms with Crippen LogP contribution in [0.15, 0.2) is 12.1 Å². The molecule has 1 aromatic carbocycles. The van der Waals surface area contributed by atoms with Crippen molar-refractivity contribution in [2.75, 3.05) is 0 Å². The smallest absolute Gasteiger partial charge is 0.306 e. The molecule has 0 aliphatic heterocycles. The minimum Gasteiger partial charge on any atom is -0.481 e. The van der Waals surface area contributed by atoms with Crippen LogP contribution in [0.3, 0.4) is 0 Å². The molecule has 104 valence electrons. The van der Waals surface area contributed by atoms with Gasteiger partial charge in [-0.25, -0.2) is 0 Å². The maximum atomic E-state index is 11.3. The molecule has 0 heterocycles. The summed E-state index contributed by atoms with van der Waals surface area (Å²) in [6.07, 6.45) is 1.71. The van der Waals surface area contributed by atoms with Gasteiger partial charge in [0.05, 0.1) is 12.0 Å². The summed E-state index contributed by atoms with van der Waals surface area (Å²) in [5.74, 6) is -1.34. The van der Waals surface area contributed by atoms with Crippen molar-refractivity contribution >= 4 is 5.97 Å². The predicted molar refractivity (Wildman–Crippen MR) is 74.1 cm³/mol. The molecule has 1 fully saturated rings. The van der Waals surface area contributed by atoms with Gasteiger partial charge in [0, 0.05) is 5.92 Å². The second-order valence-corrected chi connectivity index (χ2v) is 5.80. The third kappa shape index (κ3) is 2.66. The van der Waals surface area contributed by atoms with Gasteiger partial charge in [-0.2, -0.15) is 0 Å². The van der Waals surface area contributed by atoms with Crippen molar-refractivity contribution in [2.24, 2.45) is 11.8 Å². The van der Waals surface area contributed by atoms with E-state index < -0.39 is 18.0 Å². The Morgan fingerprint density at radius 2 is 1.79 bits per heavy atom. The van der Waals surface area contributed by atoms with Crippen LogP contribution in [0.4, 0.5) is 0 Å². The Morgan fingerprint density at radius 3 is 2.32 bits per heavy atom. The number of aryl methyl sites for hydroxylation is 3. The van der Waals surface area contributed by atoms with Crippen LogP contribution < -0.4 is 0 Å². The monoisotopic (exact) mass is 262 g/mol. The lowest BCUT2D eigenvalue weighted by atomic mass is 9.83. The standard InChI is InChI=1S/C16H22O3/c1-9-7-10(2)14(11(3)8-9)15(17)12-5-4-6-13(12)16(18)19/h7-8,12-13,15,17H,4-6H2,1-3H3,(H,18,19). The Kier molecular flexibility index (Phi) is 3.95. The Morgan fingerprint density at radius 1 is 1.21 bits per heavy atom. The zero-order chi connectivity index (χ0) is 14.2. The molecule has 1 saturated carbocycles. The predicted octanol–water partition coefficient (Wildman–Crippen LogP) is 3.15. The molecule has 3 nitrogen and oxygen atoms in total. The molecule has 3 unspecified atom stereocenters. The Labute approximate surface area is 114 Å². The lowest BCUT2D eigenvalue weighted by Gasteiger charge is -2.25. The van der Waals surface area contributed by atoms with Gasteiger partial charge in [0.2, 0.25) is 0 Å². The highest BCUT2D eigenvalue weighted by atomic mass is 16.4. The van der Waals surface area contributed by atoms with E-state index in [1.165, 1.54) is 5.56 Å². The summed E-state index contributed by atoms with van der Waals surface area (Å²) in [4.78, 5) is 11.3. The largest absolute Gasteiger partial charge is 0.481 e. The van der Waals surface area contributed by atoms with E-state index in [9.17, 15) is 15.0 Å². The molecule has 0 radical (unpaired) electrons. The van der Waals surface area contributed by atoms with Crippen LogP contribution in [0.25, 0.3) is 0 Å². The SMILES string of the molecule is Cc1cc(C)c(C(O)C2CCCC2C(=O)O)c(C)c1. The van der Waals surface area contributed by atoms with Crippen LogP contribution in [-0.4, -0.2) is 16.2 Å². The Balaban J connectivity index is 2.34. The van der Waals surface area contributed by atoms with Crippen LogP contribution in [0.1, 0.15) is 47.6 Å². The molecule has 3 atom stereocenters. The van der Waals surface area contributed by atoms with E-state index in [4.69, 9.17) is 0 Å². The van der Waals surface area contributed by atoms with Crippen LogP contribution >= 0.6 is 0 Å². The van der Waals surface area contributed by atoms with Gasteiger partial charge in [0.1, 0.15) is 0 Å². The number of hydrogen-bond donors (Lipinski definition) is 2. The van der Waals surface area contributed by atoms with Crippen molar-refractivity contribution in [3.8, 4) is 0 Å².